The van der Waals surface area contributed by atoms with Gasteiger partial charge < -0.3 is 10.8 Å². The summed E-state index contributed by atoms with van der Waals surface area (Å²) < 4.78 is 1.71. The molecule has 1 aromatic rings. The molecule has 1 heterocycles. The lowest BCUT2D eigenvalue weighted by Crippen LogP contribution is -2.37. The van der Waals surface area contributed by atoms with Gasteiger partial charge in [-0.2, -0.15) is 5.10 Å². The molecule has 1 atom stereocenters. The van der Waals surface area contributed by atoms with Gasteiger partial charge in [0.1, 0.15) is 5.82 Å². The molecule has 3 N–H and O–H groups in total. The summed E-state index contributed by atoms with van der Waals surface area (Å²) in [6.45, 7) is 8.11. The zero-order valence-electron chi connectivity index (χ0n) is 10.8. The van der Waals surface area contributed by atoms with Crippen molar-refractivity contribution < 1.29 is 5.11 Å². The summed E-state index contributed by atoms with van der Waals surface area (Å²) in [5, 5.41) is 14.3. The molecule has 16 heavy (non-hydrogen) atoms. The van der Waals surface area contributed by atoms with Crippen LogP contribution < -0.4 is 5.73 Å². The number of rotatable bonds is 3. The number of hydrogen-bond donors (Lipinski definition) is 2. The second-order valence-electron chi connectivity index (χ2n) is 5.60. The Kier molecular flexibility index (Phi) is 3.40. The smallest absolute Gasteiger partial charge is 0.156 e. The molecular formula is C11H22N4O. The highest BCUT2D eigenvalue weighted by Gasteiger charge is 2.25. The van der Waals surface area contributed by atoms with Crippen molar-refractivity contribution in [3.63, 3.8) is 0 Å². The van der Waals surface area contributed by atoms with E-state index in [1.807, 2.05) is 7.05 Å². The minimum absolute atomic E-state index is 0.0788. The molecule has 1 rings (SSSR count). The molecule has 0 aliphatic heterocycles. The molecule has 0 aromatic carbocycles. The van der Waals surface area contributed by atoms with Gasteiger partial charge in [0.15, 0.2) is 5.82 Å². The molecular weight excluding hydrogens is 204 g/mol. The van der Waals surface area contributed by atoms with E-state index in [0.29, 0.717) is 6.42 Å². The second kappa shape index (κ2) is 4.14. The van der Waals surface area contributed by atoms with Crippen LogP contribution in [-0.4, -0.2) is 32.0 Å². The van der Waals surface area contributed by atoms with Crippen molar-refractivity contribution in [2.45, 2.75) is 45.1 Å². The van der Waals surface area contributed by atoms with Crippen LogP contribution in [0.3, 0.4) is 0 Å². The third-order valence-corrected chi connectivity index (χ3v) is 2.50. The number of hydrogen-bond acceptors (Lipinski definition) is 4. The molecule has 0 radical (unpaired) electrons. The predicted octanol–water partition coefficient (Wildman–Crippen LogP) is 0.365. The maximum atomic E-state index is 9.91. The van der Waals surface area contributed by atoms with Gasteiger partial charge in [-0.3, -0.25) is 4.68 Å². The lowest BCUT2D eigenvalue weighted by Gasteiger charge is -2.19. The fourth-order valence-electron chi connectivity index (χ4n) is 1.30. The van der Waals surface area contributed by atoms with E-state index in [4.69, 9.17) is 5.73 Å². The summed E-state index contributed by atoms with van der Waals surface area (Å²) >= 11 is 0. The summed E-state index contributed by atoms with van der Waals surface area (Å²) in [5.74, 6) is 1.55. The van der Waals surface area contributed by atoms with E-state index in [0.717, 1.165) is 11.6 Å². The van der Waals surface area contributed by atoms with Gasteiger partial charge in [0, 0.05) is 25.4 Å². The molecule has 0 aliphatic rings. The van der Waals surface area contributed by atoms with Crippen LogP contribution in [0.4, 0.5) is 0 Å². The molecule has 0 amide bonds. The number of nitrogens with two attached hydrogens (primary N) is 1. The van der Waals surface area contributed by atoms with Crippen LogP contribution in [0.5, 0.6) is 0 Å². The van der Waals surface area contributed by atoms with E-state index in [-0.39, 0.29) is 12.0 Å². The highest BCUT2D eigenvalue weighted by atomic mass is 16.3. The first-order valence-corrected chi connectivity index (χ1v) is 5.48. The Balaban J connectivity index is 2.95. The summed E-state index contributed by atoms with van der Waals surface area (Å²) in [6, 6.07) is 0. The van der Waals surface area contributed by atoms with Crippen molar-refractivity contribution in [3.8, 4) is 0 Å². The Morgan fingerprint density at radius 2 is 1.88 bits per heavy atom. The molecule has 0 saturated heterocycles. The Morgan fingerprint density at radius 1 is 1.31 bits per heavy atom. The van der Waals surface area contributed by atoms with Crippen molar-refractivity contribution in [1.29, 1.82) is 0 Å². The van der Waals surface area contributed by atoms with Crippen LogP contribution in [0.1, 0.15) is 39.3 Å². The average molecular weight is 226 g/mol. The third kappa shape index (κ3) is 3.02. The Morgan fingerprint density at radius 3 is 2.25 bits per heavy atom. The van der Waals surface area contributed by atoms with Gasteiger partial charge in [-0.25, -0.2) is 4.98 Å². The highest BCUT2D eigenvalue weighted by molar-refractivity contribution is 5.05. The maximum Gasteiger partial charge on any atom is 0.156 e. The standard InChI is InChI=1S/C11H22N4O/c1-10(2,3)9-13-8(15(5)14-9)6-11(4,16)7-12/h16H,6-7,12H2,1-5H3. The third-order valence-electron chi connectivity index (χ3n) is 2.50. The summed E-state index contributed by atoms with van der Waals surface area (Å²) in [5.41, 5.74) is 4.49. The summed E-state index contributed by atoms with van der Waals surface area (Å²) in [4.78, 5) is 4.45. The number of nitrogens with zero attached hydrogens (tertiary/aromatic N) is 3. The van der Waals surface area contributed by atoms with Gasteiger partial charge in [-0.15, -0.1) is 0 Å². The topological polar surface area (TPSA) is 77.0 Å². The molecule has 0 fully saturated rings. The van der Waals surface area contributed by atoms with Crippen molar-refractivity contribution in [2.24, 2.45) is 12.8 Å². The summed E-state index contributed by atoms with van der Waals surface area (Å²) in [6.07, 6.45) is 0.420. The zero-order chi connectivity index (χ0) is 12.6. The minimum Gasteiger partial charge on any atom is -0.388 e. The van der Waals surface area contributed by atoms with Crippen LogP contribution in [0.25, 0.3) is 0 Å². The van der Waals surface area contributed by atoms with Gasteiger partial charge in [0.25, 0.3) is 0 Å². The molecule has 92 valence electrons. The minimum atomic E-state index is -0.921. The lowest BCUT2D eigenvalue weighted by molar-refractivity contribution is 0.0665. The maximum absolute atomic E-state index is 9.91. The van der Waals surface area contributed by atoms with E-state index in [2.05, 4.69) is 30.9 Å². The first-order valence-electron chi connectivity index (χ1n) is 5.48. The first-order chi connectivity index (χ1) is 7.15. The number of aliphatic hydroxyl groups is 1. The van der Waals surface area contributed by atoms with E-state index < -0.39 is 5.60 Å². The number of aromatic nitrogens is 3. The van der Waals surface area contributed by atoms with Crippen LogP contribution in [0.2, 0.25) is 0 Å². The normalized spacial score (nSPS) is 16.2. The highest BCUT2D eigenvalue weighted by Crippen LogP contribution is 2.19. The van der Waals surface area contributed by atoms with Gasteiger partial charge in [-0.05, 0) is 6.92 Å². The van der Waals surface area contributed by atoms with Crippen molar-refractivity contribution in [3.05, 3.63) is 11.6 Å². The van der Waals surface area contributed by atoms with E-state index in [1.54, 1.807) is 11.6 Å². The van der Waals surface area contributed by atoms with E-state index in [9.17, 15) is 5.11 Å². The first kappa shape index (κ1) is 13.1. The molecule has 0 spiro atoms. The van der Waals surface area contributed by atoms with Gasteiger partial charge in [-0.1, -0.05) is 20.8 Å². The largest absolute Gasteiger partial charge is 0.388 e. The van der Waals surface area contributed by atoms with Crippen LogP contribution in [0, 0.1) is 0 Å². The second-order valence-corrected chi connectivity index (χ2v) is 5.60. The molecule has 0 saturated carbocycles. The Labute approximate surface area is 96.7 Å². The van der Waals surface area contributed by atoms with Crippen molar-refractivity contribution >= 4 is 0 Å². The average Bonchev–Trinajstić information content (AvgIpc) is 2.47. The molecule has 1 aromatic heterocycles. The Bertz CT molecular complexity index is 363. The lowest BCUT2D eigenvalue weighted by atomic mass is 9.96. The predicted molar refractivity (Wildman–Crippen MR) is 63.1 cm³/mol. The molecule has 0 bridgehead atoms. The van der Waals surface area contributed by atoms with Crippen molar-refractivity contribution in [2.75, 3.05) is 6.54 Å². The van der Waals surface area contributed by atoms with Gasteiger partial charge in [0.2, 0.25) is 0 Å². The Hall–Kier alpha value is -0.940. The molecule has 5 heteroatoms. The molecule has 1 unspecified atom stereocenters. The van der Waals surface area contributed by atoms with Gasteiger partial charge in [0.05, 0.1) is 5.60 Å². The zero-order valence-corrected chi connectivity index (χ0v) is 10.8. The van der Waals surface area contributed by atoms with E-state index in [1.165, 1.54) is 0 Å². The van der Waals surface area contributed by atoms with Crippen LogP contribution >= 0.6 is 0 Å². The quantitative estimate of drug-likeness (QED) is 0.780. The van der Waals surface area contributed by atoms with Crippen LogP contribution in [0.15, 0.2) is 0 Å². The monoisotopic (exact) mass is 226 g/mol. The van der Waals surface area contributed by atoms with Crippen LogP contribution in [-0.2, 0) is 18.9 Å². The van der Waals surface area contributed by atoms with E-state index >= 15 is 0 Å². The fourth-order valence-corrected chi connectivity index (χ4v) is 1.30. The summed E-state index contributed by atoms with van der Waals surface area (Å²) in [7, 11) is 1.84. The SMILES string of the molecule is Cn1nc(C(C)(C)C)nc1CC(C)(O)CN. The van der Waals surface area contributed by atoms with Gasteiger partial charge >= 0.3 is 0 Å². The fraction of sp³-hybridized carbons (Fsp3) is 0.818. The van der Waals surface area contributed by atoms with Crippen molar-refractivity contribution in [1.82, 2.24) is 14.8 Å². The molecule has 5 nitrogen and oxygen atoms in total. The number of aryl methyl sites for hydroxylation is 1. The molecule has 0 aliphatic carbocycles.